The van der Waals surface area contributed by atoms with Crippen LogP contribution in [0.1, 0.15) is 23.7 Å². The molecule has 0 saturated carbocycles. The van der Waals surface area contributed by atoms with Gasteiger partial charge in [-0.2, -0.15) is 0 Å². The second-order valence-corrected chi connectivity index (χ2v) is 3.03. The number of phenols is 1. The Morgan fingerprint density at radius 1 is 1.50 bits per heavy atom. The van der Waals surface area contributed by atoms with Crippen LogP contribution >= 0.6 is 0 Å². The maximum atomic E-state index is 11.6. The number of benzene rings is 1. The minimum Gasteiger partial charge on any atom is -0.507 e. The van der Waals surface area contributed by atoms with Crippen molar-refractivity contribution in [2.75, 3.05) is 0 Å². The van der Waals surface area contributed by atoms with Gasteiger partial charge in [0.2, 0.25) is 0 Å². The Bertz CT molecular complexity index is 344. The molecule has 0 heterocycles. The first kappa shape index (κ1) is 10.4. The van der Waals surface area contributed by atoms with Gasteiger partial charge < -0.3 is 9.90 Å². The lowest BCUT2D eigenvalue weighted by Gasteiger charge is -2.07. The number of hydrogen-bond donors (Lipinski definition) is 1. The van der Waals surface area contributed by atoms with E-state index in [0.717, 1.165) is 0 Å². The van der Waals surface area contributed by atoms with E-state index >= 15 is 0 Å². The molecule has 0 fully saturated rings. The quantitative estimate of drug-likeness (QED) is 0.449. The maximum Gasteiger partial charge on any atom is 0.176 e. The van der Waals surface area contributed by atoms with E-state index in [0.29, 0.717) is 12.7 Å². The molecule has 1 aromatic rings. The van der Waals surface area contributed by atoms with E-state index < -0.39 is 5.92 Å². The zero-order chi connectivity index (χ0) is 10.6. The van der Waals surface area contributed by atoms with Gasteiger partial charge in [0.05, 0.1) is 11.5 Å². The van der Waals surface area contributed by atoms with Crippen molar-refractivity contribution in [1.29, 1.82) is 0 Å². The summed E-state index contributed by atoms with van der Waals surface area (Å²) >= 11 is 0. The Kier molecular flexibility index (Phi) is 3.40. The number of ketones is 1. The number of carbonyl (C=O) groups is 2. The predicted octanol–water partition coefficient (Wildman–Crippen LogP) is 1.80. The molecule has 0 aromatic heterocycles. The Morgan fingerprint density at radius 2 is 2.14 bits per heavy atom. The maximum absolute atomic E-state index is 11.6. The number of hydrogen-bond acceptors (Lipinski definition) is 3. The highest BCUT2D eigenvalue weighted by molar-refractivity contribution is 6.06. The van der Waals surface area contributed by atoms with E-state index in [9.17, 15) is 14.7 Å². The van der Waals surface area contributed by atoms with Gasteiger partial charge in [0, 0.05) is 0 Å². The summed E-state index contributed by atoms with van der Waals surface area (Å²) in [4.78, 5) is 22.2. The van der Waals surface area contributed by atoms with Crippen LogP contribution in [0.3, 0.4) is 0 Å². The molecule has 0 aliphatic rings. The number of Topliss-reactive ketones (excluding diaryl/α,β-unsaturated/α-hetero) is 1. The molecule has 0 aliphatic carbocycles. The minimum atomic E-state index is -0.650. The lowest BCUT2D eigenvalue weighted by atomic mass is 9.96. The molecule has 3 nitrogen and oxygen atoms in total. The summed E-state index contributed by atoms with van der Waals surface area (Å²) in [5.74, 6) is -1.04. The number of aldehydes is 1. The lowest BCUT2D eigenvalue weighted by molar-refractivity contribution is -0.109. The van der Waals surface area contributed by atoms with E-state index in [1.165, 1.54) is 12.1 Å². The van der Waals surface area contributed by atoms with Gasteiger partial charge >= 0.3 is 0 Å². The van der Waals surface area contributed by atoms with Crippen molar-refractivity contribution in [3.63, 3.8) is 0 Å². The summed E-state index contributed by atoms with van der Waals surface area (Å²) in [6, 6.07) is 6.24. The highest BCUT2D eigenvalue weighted by Gasteiger charge is 2.19. The molecule has 1 rings (SSSR count). The number of carbonyl (C=O) groups excluding carboxylic acids is 2. The molecular weight excluding hydrogens is 180 g/mol. The molecule has 0 radical (unpaired) electrons. The average Bonchev–Trinajstić information content (AvgIpc) is 2.20. The molecule has 0 aliphatic heterocycles. The van der Waals surface area contributed by atoms with Gasteiger partial charge in [0.1, 0.15) is 12.0 Å². The molecule has 74 valence electrons. The van der Waals surface area contributed by atoms with Crippen molar-refractivity contribution in [2.45, 2.75) is 13.3 Å². The fourth-order valence-corrected chi connectivity index (χ4v) is 1.23. The Hall–Kier alpha value is -1.64. The van der Waals surface area contributed by atoms with E-state index in [2.05, 4.69) is 0 Å². The third-order valence-corrected chi connectivity index (χ3v) is 2.11. The van der Waals surface area contributed by atoms with Crippen LogP contribution in [0.4, 0.5) is 0 Å². The lowest BCUT2D eigenvalue weighted by Crippen LogP contribution is -2.15. The van der Waals surface area contributed by atoms with E-state index in [-0.39, 0.29) is 17.1 Å². The van der Waals surface area contributed by atoms with E-state index in [4.69, 9.17) is 0 Å². The van der Waals surface area contributed by atoms with Crippen molar-refractivity contribution in [3.05, 3.63) is 29.8 Å². The summed E-state index contributed by atoms with van der Waals surface area (Å²) in [5.41, 5.74) is 0.214. The summed E-state index contributed by atoms with van der Waals surface area (Å²) in [6.45, 7) is 1.76. The van der Waals surface area contributed by atoms with E-state index in [1.807, 2.05) is 0 Å². The Morgan fingerprint density at radius 3 is 2.64 bits per heavy atom. The third kappa shape index (κ3) is 1.99. The van der Waals surface area contributed by atoms with Crippen LogP contribution in [0.2, 0.25) is 0 Å². The number of para-hydroxylation sites is 1. The smallest absolute Gasteiger partial charge is 0.176 e. The first-order valence-electron chi connectivity index (χ1n) is 4.48. The van der Waals surface area contributed by atoms with Crippen molar-refractivity contribution in [1.82, 2.24) is 0 Å². The first-order valence-corrected chi connectivity index (χ1v) is 4.48. The van der Waals surface area contributed by atoms with Gasteiger partial charge in [-0.3, -0.25) is 4.79 Å². The molecule has 1 unspecified atom stereocenters. The largest absolute Gasteiger partial charge is 0.507 e. The molecule has 1 N–H and O–H groups in total. The predicted molar refractivity (Wildman–Crippen MR) is 52.3 cm³/mol. The fourth-order valence-electron chi connectivity index (χ4n) is 1.23. The monoisotopic (exact) mass is 192 g/mol. The summed E-state index contributed by atoms with van der Waals surface area (Å²) in [6.07, 6.45) is 1.07. The normalized spacial score (nSPS) is 12.1. The van der Waals surface area contributed by atoms with Crippen LogP contribution in [0.5, 0.6) is 5.75 Å². The summed E-state index contributed by atoms with van der Waals surface area (Å²) in [7, 11) is 0. The van der Waals surface area contributed by atoms with Gasteiger partial charge in [-0.05, 0) is 18.6 Å². The minimum absolute atomic E-state index is 0.0715. The second-order valence-electron chi connectivity index (χ2n) is 3.03. The molecule has 0 saturated heterocycles. The Balaban J connectivity index is 3.00. The fraction of sp³-hybridized carbons (Fsp3) is 0.273. The zero-order valence-corrected chi connectivity index (χ0v) is 7.93. The topological polar surface area (TPSA) is 54.4 Å². The molecule has 1 aromatic carbocycles. The average molecular weight is 192 g/mol. The van der Waals surface area contributed by atoms with Crippen LogP contribution in [0, 0.1) is 5.92 Å². The molecule has 14 heavy (non-hydrogen) atoms. The molecule has 1 atom stereocenters. The number of phenolic OH excluding ortho intramolecular Hbond substituents is 1. The highest BCUT2D eigenvalue weighted by Crippen LogP contribution is 2.20. The molecule has 0 spiro atoms. The van der Waals surface area contributed by atoms with Crippen molar-refractivity contribution >= 4 is 12.1 Å². The number of aromatic hydroxyl groups is 1. The van der Waals surface area contributed by atoms with Gasteiger partial charge in [0.25, 0.3) is 0 Å². The van der Waals surface area contributed by atoms with Gasteiger partial charge in [-0.25, -0.2) is 0 Å². The summed E-state index contributed by atoms with van der Waals surface area (Å²) < 4.78 is 0. The van der Waals surface area contributed by atoms with Crippen LogP contribution in [-0.2, 0) is 4.79 Å². The van der Waals surface area contributed by atoms with Crippen LogP contribution in [-0.4, -0.2) is 17.2 Å². The zero-order valence-electron chi connectivity index (χ0n) is 7.93. The first-order chi connectivity index (χ1) is 6.70. The molecule has 0 bridgehead atoms. The Labute approximate surface area is 82.4 Å². The van der Waals surface area contributed by atoms with E-state index in [1.54, 1.807) is 19.1 Å². The van der Waals surface area contributed by atoms with Gasteiger partial charge in [-0.1, -0.05) is 19.1 Å². The molecule has 0 amide bonds. The van der Waals surface area contributed by atoms with Crippen molar-refractivity contribution in [2.24, 2.45) is 5.92 Å². The highest BCUT2D eigenvalue weighted by atomic mass is 16.3. The van der Waals surface area contributed by atoms with Gasteiger partial charge in [-0.15, -0.1) is 0 Å². The van der Waals surface area contributed by atoms with Crippen molar-refractivity contribution < 1.29 is 14.7 Å². The summed E-state index contributed by atoms with van der Waals surface area (Å²) in [5, 5.41) is 9.38. The molecule has 3 heteroatoms. The van der Waals surface area contributed by atoms with Crippen molar-refractivity contribution in [3.8, 4) is 5.75 Å². The second kappa shape index (κ2) is 4.56. The molecular formula is C11H12O3. The van der Waals surface area contributed by atoms with Gasteiger partial charge in [0.15, 0.2) is 5.78 Å². The van der Waals surface area contributed by atoms with Crippen LogP contribution in [0.25, 0.3) is 0 Å². The standard InChI is InChI=1S/C11H12O3/c1-2-8(7-12)11(14)9-5-3-4-6-10(9)13/h3-8,13H,2H2,1H3. The third-order valence-electron chi connectivity index (χ3n) is 2.11. The van der Waals surface area contributed by atoms with Crippen LogP contribution < -0.4 is 0 Å². The SMILES string of the molecule is CCC(C=O)C(=O)c1ccccc1O. The van der Waals surface area contributed by atoms with Crippen LogP contribution in [0.15, 0.2) is 24.3 Å². The number of rotatable bonds is 4.